The molecule has 2 fully saturated rings. The molecule has 0 radical (unpaired) electrons. The molecule has 1 aliphatic heterocycles. The smallest absolute Gasteiger partial charge is 0.404 e. The van der Waals surface area contributed by atoms with Crippen LogP contribution in [0.4, 0.5) is 15.5 Å². The summed E-state index contributed by atoms with van der Waals surface area (Å²) in [5.74, 6) is 0.0195. The third-order valence-electron chi connectivity index (χ3n) is 3.99. The van der Waals surface area contributed by atoms with Gasteiger partial charge in [-0.1, -0.05) is 0 Å². The van der Waals surface area contributed by atoms with Crippen LogP contribution in [0.15, 0.2) is 17.2 Å². The first kappa shape index (κ1) is 17.2. The van der Waals surface area contributed by atoms with E-state index in [4.69, 9.17) is 5.11 Å². The van der Waals surface area contributed by atoms with Gasteiger partial charge in [0.2, 0.25) is 5.95 Å². The molecule has 0 bridgehead atoms. The number of thioether (sulfide) groups is 1. The molecule has 0 unspecified atom stereocenters. The molecule has 132 valence electrons. The second-order valence-electron chi connectivity index (χ2n) is 5.80. The summed E-state index contributed by atoms with van der Waals surface area (Å²) in [6, 6.07) is 1.81. The third-order valence-corrected chi connectivity index (χ3v) is 4.80. The van der Waals surface area contributed by atoms with Crippen molar-refractivity contribution in [1.82, 2.24) is 20.6 Å². The lowest BCUT2D eigenvalue weighted by atomic mass is 9.91. The van der Waals surface area contributed by atoms with Crippen LogP contribution in [0.25, 0.3) is 6.08 Å². The Morgan fingerprint density at radius 1 is 1.28 bits per heavy atom. The molecule has 1 aromatic heterocycles. The monoisotopic (exact) mass is 363 g/mol. The quantitative estimate of drug-likeness (QED) is 0.595. The van der Waals surface area contributed by atoms with Gasteiger partial charge in [0, 0.05) is 18.3 Å². The van der Waals surface area contributed by atoms with E-state index in [9.17, 15) is 14.4 Å². The SMILES string of the molecule is O=C(O)NC1CCC(Nc2nccc(C=C3SC(=O)NC3=O)n2)CC1. The molecule has 2 aliphatic rings. The number of nitrogens with zero attached hydrogens (tertiary/aromatic N) is 2. The zero-order chi connectivity index (χ0) is 17.8. The van der Waals surface area contributed by atoms with E-state index in [0.29, 0.717) is 16.5 Å². The van der Waals surface area contributed by atoms with E-state index in [2.05, 4.69) is 25.9 Å². The highest BCUT2D eigenvalue weighted by Gasteiger charge is 2.25. The van der Waals surface area contributed by atoms with Crippen molar-refractivity contribution in [2.45, 2.75) is 37.8 Å². The van der Waals surface area contributed by atoms with Crippen LogP contribution in [0.1, 0.15) is 31.4 Å². The average Bonchev–Trinajstić information content (AvgIpc) is 2.87. The van der Waals surface area contributed by atoms with Crippen molar-refractivity contribution in [2.24, 2.45) is 0 Å². The van der Waals surface area contributed by atoms with Crippen LogP contribution >= 0.6 is 11.8 Å². The fraction of sp³-hybridized carbons (Fsp3) is 0.400. The topological polar surface area (TPSA) is 133 Å². The predicted octanol–water partition coefficient (Wildman–Crippen LogP) is 1.79. The van der Waals surface area contributed by atoms with Gasteiger partial charge < -0.3 is 15.7 Å². The van der Waals surface area contributed by atoms with E-state index < -0.39 is 17.2 Å². The molecule has 1 aromatic rings. The number of anilines is 1. The number of carbonyl (C=O) groups excluding carboxylic acids is 2. The molecular formula is C15H17N5O4S. The molecule has 10 heteroatoms. The fourth-order valence-electron chi connectivity index (χ4n) is 2.82. The Labute approximate surface area is 147 Å². The Morgan fingerprint density at radius 2 is 2.00 bits per heavy atom. The van der Waals surface area contributed by atoms with E-state index in [1.54, 1.807) is 18.3 Å². The molecule has 0 atom stereocenters. The number of rotatable bonds is 4. The number of aromatic nitrogens is 2. The van der Waals surface area contributed by atoms with E-state index in [1.165, 1.54) is 0 Å². The zero-order valence-corrected chi connectivity index (χ0v) is 14.0. The summed E-state index contributed by atoms with van der Waals surface area (Å²) >= 11 is 0.841. The Bertz CT molecular complexity index is 730. The number of hydrogen-bond donors (Lipinski definition) is 4. The number of carboxylic acid groups (broad SMARTS) is 1. The van der Waals surface area contributed by atoms with Gasteiger partial charge >= 0.3 is 6.09 Å². The Morgan fingerprint density at radius 3 is 2.64 bits per heavy atom. The van der Waals surface area contributed by atoms with Crippen LogP contribution in [-0.2, 0) is 4.79 Å². The maximum absolute atomic E-state index is 11.6. The van der Waals surface area contributed by atoms with Gasteiger partial charge in [-0.15, -0.1) is 0 Å². The second kappa shape index (κ2) is 7.51. The standard InChI is InChI=1S/C15H17N5O4S/c21-12-11(25-15(24)20-12)7-10-5-6-16-13(18-10)17-8-1-3-9(4-2-8)19-14(22)23/h5-9,19H,1-4H2,(H,22,23)(H,16,17,18)(H,20,21,24). The lowest BCUT2D eigenvalue weighted by Crippen LogP contribution is -2.39. The molecule has 4 N–H and O–H groups in total. The van der Waals surface area contributed by atoms with Gasteiger partial charge in [0.15, 0.2) is 0 Å². The van der Waals surface area contributed by atoms with Crippen molar-refractivity contribution in [2.75, 3.05) is 5.32 Å². The highest BCUT2D eigenvalue weighted by atomic mass is 32.2. The van der Waals surface area contributed by atoms with Crippen LogP contribution in [0.2, 0.25) is 0 Å². The van der Waals surface area contributed by atoms with Gasteiger partial charge in [0.1, 0.15) is 0 Å². The lowest BCUT2D eigenvalue weighted by Gasteiger charge is -2.28. The van der Waals surface area contributed by atoms with Crippen LogP contribution in [0.3, 0.4) is 0 Å². The van der Waals surface area contributed by atoms with E-state index in [1.807, 2.05) is 0 Å². The molecule has 3 amide bonds. The second-order valence-corrected chi connectivity index (χ2v) is 6.81. The van der Waals surface area contributed by atoms with Gasteiger partial charge in [-0.05, 0) is 49.6 Å². The zero-order valence-electron chi connectivity index (χ0n) is 13.2. The molecular weight excluding hydrogens is 346 g/mol. The summed E-state index contributed by atoms with van der Waals surface area (Å²) < 4.78 is 0. The minimum absolute atomic E-state index is 0.0111. The summed E-state index contributed by atoms with van der Waals surface area (Å²) in [4.78, 5) is 42.2. The molecule has 2 heterocycles. The predicted molar refractivity (Wildman–Crippen MR) is 92.0 cm³/mol. The van der Waals surface area contributed by atoms with Gasteiger partial charge in [-0.2, -0.15) is 0 Å². The molecule has 1 aliphatic carbocycles. The molecule has 0 aromatic carbocycles. The summed E-state index contributed by atoms with van der Waals surface area (Å²) in [5.41, 5.74) is 0.533. The van der Waals surface area contributed by atoms with Gasteiger partial charge in [-0.3, -0.25) is 14.9 Å². The number of amides is 3. The lowest BCUT2D eigenvalue weighted by molar-refractivity contribution is -0.115. The van der Waals surface area contributed by atoms with E-state index in [0.717, 1.165) is 37.4 Å². The molecule has 3 rings (SSSR count). The summed E-state index contributed by atoms with van der Waals surface area (Å²) in [6.45, 7) is 0. The average molecular weight is 363 g/mol. The number of carbonyl (C=O) groups is 3. The number of hydrogen-bond acceptors (Lipinski definition) is 7. The Balaban J connectivity index is 1.59. The maximum atomic E-state index is 11.6. The van der Waals surface area contributed by atoms with Crippen molar-refractivity contribution in [1.29, 1.82) is 0 Å². The largest absolute Gasteiger partial charge is 0.465 e. The number of nitrogens with one attached hydrogen (secondary N) is 3. The van der Waals surface area contributed by atoms with E-state index in [-0.39, 0.29) is 12.1 Å². The van der Waals surface area contributed by atoms with Crippen molar-refractivity contribution in [3.8, 4) is 0 Å². The van der Waals surface area contributed by atoms with Gasteiger partial charge in [0.05, 0.1) is 10.6 Å². The van der Waals surface area contributed by atoms with Gasteiger partial charge in [-0.25, -0.2) is 14.8 Å². The fourth-order valence-corrected chi connectivity index (χ4v) is 3.48. The molecule has 1 saturated heterocycles. The Hall–Kier alpha value is -2.62. The molecule has 25 heavy (non-hydrogen) atoms. The van der Waals surface area contributed by atoms with Crippen LogP contribution < -0.4 is 16.0 Å². The first-order chi connectivity index (χ1) is 12.0. The summed E-state index contributed by atoms with van der Waals surface area (Å²) in [6.07, 6.45) is 5.27. The van der Waals surface area contributed by atoms with Crippen LogP contribution in [0, 0.1) is 0 Å². The van der Waals surface area contributed by atoms with Crippen molar-refractivity contribution >= 4 is 41.0 Å². The minimum Gasteiger partial charge on any atom is -0.465 e. The van der Waals surface area contributed by atoms with Gasteiger partial charge in [0.25, 0.3) is 11.1 Å². The van der Waals surface area contributed by atoms with Crippen molar-refractivity contribution in [3.63, 3.8) is 0 Å². The van der Waals surface area contributed by atoms with Crippen LogP contribution in [-0.4, -0.2) is 44.4 Å². The highest BCUT2D eigenvalue weighted by molar-refractivity contribution is 8.18. The number of imide groups is 1. The van der Waals surface area contributed by atoms with E-state index >= 15 is 0 Å². The molecule has 0 spiro atoms. The summed E-state index contributed by atoms with van der Waals surface area (Å²) in [7, 11) is 0. The summed E-state index contributed by atoms with van der Waals surface area (Å²) in [5, 5.41) is 16.3. The maximum Gasteiger partial charge on any atom is 0.404 e. The molecule has 9 nitrogen and oxygen atoms in total. The van der Waals surface area contributed by atoms with Crippen molar-refractivity contribution in [3.05, 3.63) is 22.9 Å². The first-order valence-electron chi connectivity index (χ1n) is 7.83. The minimum atomic E-state index is -0.993. The van der Waals surface area contributed by atoms with Crippen LogP contribution in [0.5, 0.6) is 0 Å². The Kier molecular flexibility index (Phi) is 5.17. The van der Waals surface area contributed by atoms with Crippen molar-refractivity contribution < 1.29 is 19.5 Å². The first-order valence-corrected chi connectivity index (χ1v) is 8.65. The normalized spacial score (nSPS) is 24.9. The molecule has 1 saturated carbocycles. The highest BCUT2D eigenvalue weighted by Crippen LogP contribution is 2.25. The third kappa shape index (κ3) is 4.69.